The van der Waals surface area contributed by atoms with E-state index in [1.165, 1.54) is 15.6 Å². The molecule has 4 rings (SSSR count). The number of aromatic amines is 1. The second-order valence-corrected chi connectivity index (χ2v) is 6.41. The molecule has 2 N–H and O–H groups in total. The van der Waals surface area contributed by atoms with Crippen molar-refractivity contribution in [2.24, 2.45) is 0 Å². The highest BCUT2D eigenvalue weighted by atomic mass is 32.1. The summed E-state index contributed by atoms with van der Waals surface area (Å²) < 4.78 is 1.52. The number of hydrogen-bond acceptors (Lipinski definition) is 5. The summed E-state index contributed by atoms with van der Waals surface area (Å²) in [6.45, 7) is 0.669. The topological polar surface area (TPSA) is 88.5 Å². The van der Waals surface area contributed by atoms with E-state index in [2.05, 4.69) is 31.9 Å². The largest absolute Gasteiger partial charge is 0.361 e. The third kappa shape index (κ3) is 3.29. The standard InChI is InChI=1S/C17H16N6OS/c24-16(10-23-17(20-21-22-23)13-6-8-25-11-13)18-7-5-12-9-19-15-4-2-1-3-14(12)15/h1-4,6,8-9,11,19H,5,7,10H2,(H,18,24). The molecule has 7 nitrogen and oxygen atoms in total. The number of rotatable bonds is 6. The summed E-state index contributed by atoms with van der Waals surface area (Å²) in [5.41, 5.74) is 3.22. The predicted molar refractivity (Wildman–Crippen MR) is 96.1 cm³/mol. The minimum absolute atomic E-state index is 0.103. The maximum absolute atomic E-state index is 12.2. The van der Waals surface area contributed by atoms with Crippen LogP contribution in [0.1, 0.15) is 5.56 Å². The van der Waals surface area contributed by atoms with Crippen LogP contribution in [-0.4, -0.2) is 37.6 Å². The van der Waals surface area contributed by atoms with E-state index in [-0.39, 0.29) is 12.5 Å². The molecule has 0 saturated heterocycles. The monoisotopic (exact) mass is 352 g/mol. The lowest BCUT2D eigenvalue weighted by Gasteiger charge is -2.06. The molecule has 0 unspecified atom stereocenters. The summed E-state index contributed by atoms with van der Waals surface area (Å²) in [4.78, 5) is 15.4. The van der Waals surface area contributed by atoms with Crippen molar-refractivity contribution in [3.8, 4) is 11.4 Å². The molecule has 8 heteroatoms. The van der Waals surface area contributed by atoms with E-state index in [1.54, 1.807) is 11.3 Å². The van der Waals surface area contributed by atoms with Gasteiger partial charge in [0.25, 0.3) is 0 Å². The number of hydrogen-bond donors (Lipinski definition) is 2. The number of carbonyl (C=O) groups excluding carboxylic acids is 1. The Morgan fingerprint density at radius 3 is 3.08 bits per heavy atom. The molecule has 0 aliphatic heterocycles. The van der Waals surface area contributed by atoms with Crippen LogP contribution in [0.25, 0.3) is 22.3 Å². The fraction of sp³-hybridized carbons (Fsp3) is 0.176. The highest BCUT2D eigenvalue weighted by Gasteiger charge is 2.12. The molecule has 0 atom stereocenters. The number of nitrogens with zero attached hydrogens (tertiary/aromatic N) is 4. The van der Waals surface area contributed by atoms with Crippen LogP contribution in [-0.2, 0) is 17.8 Å². The van der Waals surface area contributed by atoms with Gasteiger partial charge in [0.15, 0.2) is 5.82 Å². The second kappa shape index (κ2) is 6.86. The molecule has 0 aliphatic rings. The Morgan fingerprint density at radius 1 is 1.28 bits per heavy atom. The molecule has 0 bridgehead atoms. The maximum Gasteiger partial charge on any atom is 0.241 e. The SMILES string of the molecule is O=C(Cn1nnnc1-c1ccsc1)NCCc1c[nH]c2ccccc12. The Morgan fingerprint density at radius 2 is 2.20 bits per heavy atom. The van der Waals surface area contributed by atoms with E-state index >= 15 is 0 Å². The fourth-order valence-electron chi connectivity index (χ4n) is 2.78. The molecular formula is C17H16N6OS. The lowest BCUT2D eigenvalue weighted by molar-refractivity contribution is -0.121. The molecule has 0 spiro atoms. The number of carbonyl (C=O) groups is 1. The van der Waals surface area contributed by atoms with Crippen molar-refractivity contribution in [3.05, 3.63) is 52.9 Å². The van der Waals surface area contributed by atoms with Crippen molar-refractivity contribution in [2.75, 3.05) is 6.54 Å². The summed E-state index contributed by atoms with van der Waals surface area (Å²) in [6.07, 6.45) is 2.76. The molecule has 0 saturated carbocycles. The van der Waals surface area contributed by atoms with Crippen LogP contribution in [0, 0.1) is 0 Å². The van der Waals surface area contributed by atoms with E-state index in [0.717, 1.165) is 17.5 Å². The van der Waals surface area contributed by atoms with Crippen LogP contribution in [0.3, 0.4) is 0 Å². The first kappa shape index (κ1) is 15.5. The molecule has 25 heavy (non-hydrogen) atoms. The maximum atomic E-state index is 12.2. The smallest absolute Gasteiger partial charge is 0.241 e. The quantitative estimate of drug-likeness (QED) is 0.557. The lowest BCUT2D eigenvalue weighted by Crippen LogP contribution is -2.30. The number of aromatic nitrogens is 5. The summed E-state index contributed by atoms with van der Waals surface area (Å²) in [6, 6.07) is 10.1. The van der Waals surface area contributed by atoms with Gasteiger partial charge in [0.05, 0.1) is 0 Å². The summed E-state index contributed by atoms with van der Waals surface area (Å²) in [7, 11) is 0. The minimum Gasteiger partial charge on any atom is -0.361 e. The van der Waals surface area contributed by atoms with Crippen molar-refractivity contribution >= 4 is 28.1 Å². The first-order valence-corrected chi connectivity index (χ1v) is 8.86. The highest BCUT2D eigenvalue weighted by Crippen LogP contribution is 2.19. The van der Waals surface area contributed by atoms with E-state index in [0.29, 0.717) is 12.4 Å². The molecule has 0 fully saturated rings. The van der Waals surface area contributed by atoms with Crippen molar-refractivity contribution < 1.29 is 4.79 Å². The van der Waals surface area contributed by atoms with Crippen LogP contribution in [0.5, 0.6) is 0 Å². The van der Waals surface area contributed by atoms with Gasteiger partial charge in [-0.3, -0.25) is 4.79 Å². The van der Waals surface area contributed by atoms with Crippen molar-refractivity contribution in [1.29, 1.82) is 0 Å². The van der Waals surface area contributed by atoms with Crippen LogP contribution in [0.2, 0.25) is 0 Å². The van der Waals surface area contributed by atoms with E-state index < -0.39 is 0 Å². The van der Waals surface area contributed by atoms with Gasteiger partial charge >= 0.3 is 0 Å². The van der Waals surface area contributed by atoms with Crippen LogP contribution in [0.15, 0.2) is 47.3 Å². The zero-order valence-corrected chi connectivity index (χ0v) is 14.2. The van der Waals surface area contributed by atoms with Gasteiger partial charge < -0.3 is 10.3 Å². The number of fused-ring (bicyclic) bond motifs is 1. The zero-order valence-electron chi connectivity index (χ0n) is 13.3. The molecule has 3 heterocycles. The van der Waals surface area contributed by atoms with Gasteiger partial charge in [-0.2, -0.15) is 11.3 Å². The number of para-hydroxylation sites is 1. The third-order valence-corrected chi connectivity index (χ3v) is 4.68. The Balaban J connectivity index is 1.35. The molecule has 4 aromatic rings. The number of tetrazole rings is 1. The van der Waals surface area contributed by atoms with E-state index in [4.69, 9.17) is 0 Å². The molecule has 3 aromatic heterocycles. The third-order valence-electron chi connectivity index (χ3n) is 4.00. The van der Waals surface area contributed by atoms with Crippen LogP contribution in [0.4, 0.5) is 0 Å². The van der Waals surface area contributed by atoms with Gasteiger partial charge in [0.1, 0.15) is 6.54 Å². The minimum atomic E-state index is -0.108. The van der Waals surface area contributed by atoms with Crippen molar-refractivity contribution in [3.63, 3.8) is 0 Å². The fourth-order valence-corrected chi connectivity index (χ4v) is 3.41. The summed E-state index contributed by atoms with van der Waals surface area (Å²) in [5.74, 6) is 0.497. The molecule has 1 aromatic carbocycles. The van der Waals surface area contributed by atoms with E-state index in [1.807, 2.05) is 41.2 Å². The molecule has 0 radical (unpaired) electrons. The molecular weight excluding hydrogens is 336 g/mol. The number of nitrogens with one attached hydrogen (secondary N) is 2. The van der Waals surface area contributed by atoms with Crippen LogP contribution >= 0.6 is 11.3 Å². The molecule has 126 valence electrons. The average Bonchev–Trinajstić information content (AvgIpc) is 3.35. The predicted octanol–water partition coefficient (Wildman–Crippen LogP) is 2.24. The Kier molecular flexibility index (Phi) is 4.26. The summed E-state index contributed by atoms with van der Waals surface area (Å²) >= 11 is 1.57. The van der Waals surface area contributed by atoms with Crippen molar-refractivity contribution in [1.82, 2.24) is 30.5 Å². The van der Waals surface area contributed by atoms with Gasteiger partial charge in [-0.15, -0.1) is 5.10 Å². The number of H-pyrrole nitrogens is 1. The number of benzene rings is 1. The first-order chi connectivity index (χ1) is 12.3. The number of thiophene rings is 1. The van der Waals surface area contributed by atoms with Gasteiger partial charge in [-0.1, -0.05) is 18.2 Å². The Bertz CT molecular complexity index is 988. The lowest BCUT2D eigenvalue weighted by atomic mass is 10.1. The van der Waals surface area contributed by atoms with Gasteiger partial charge in [-0.05, 0) is 39.9 Å². The van der Waals surface area contributed by atoms with E-state index in [9.17, 15) is 4.79 Å². The van der Waals surface area contributed by atoms with Crippen LogP contribution < -0.4 is 5.32 Å². The highest BCUT2D eigenvalue weighted by molar-refractivity contribution is 7.08. The normalized spacial score (nSPS) is 11.0. The van der Waals surface area contributed by atoms with Gasteiger partial charge in [0.2, 0.25) is 5.91 Å². The van der Waals surface area contributed by atoms with Crippen molar-refractivity contribution in [2.45, 2.75) is 13.0 Å². The summed E-state index contributed by atoms with van der Waals surface area (Å²) in [5, 5.41) is 19.6. The second-order valence-electron chi connectivity index (χ2n) is 5.63. The molecule has 0 aliphatic carbocycles. The zero-order chi connectivity index (χ0) is 17.1. The first-order valence-electron chi connectivity index (χ1n) is 7.92. The average molecular weight is 352 g/mol. The van der Waals surface area contributed by atoms with Gasteiger partial charge in [0, 0.05) is 34.6 Å². The molecule has 1 amide bonds. The Labute approximate surface area is 147 Å². The van der Waals surface area contributed by atoms with Gasteiger partial charge in [-0.25, -0.2) is 4.68 Å². The number of amides is 1. The Hall–Kier alpha value is -3.00.